The fourth-order valence-corrected chi connectivity index (χ4v) is 2.08. The van der Waals surface area contributed by atoms with E-state index in [4.69, 9.17) is 0 Å². The number of hydrogen-bond acceptors (Lipinski definition) is 3. The van der Waals surface area contributed by atoms with Crippen molar-refractivity contribution in [2.75, 3.05) is 23.8 Å². The van der Waals surface area contributed by atoms with Crippen molar-refractivity contribution in [2.45, 2.75) is 19.8 Å². The highest BCUT2D eigenvalue weighted by atomic mass is 19.2. The molecule has 1 aromatic heterocycles. The Morgan fingerprint density at radius 2 is 1.92 bits per heavy atom. The lowest BCUT2D eigenvalue weighted by molar-refractivity contribution is 0.102. The largest absolute Gasteiger partial charge is 0.373 e. The second-order valence-corrected chi connectivity index (χ2v) is 5.35. The Kier molecular flexibility index (Phi) is 5.78. The first kappa shape index (κ1) is 17.8. The number of aromatic nitrogens is 1. The van der Waals surface area contributed by atoms with Crippen LogP contribution in [0.1, 0.15) is 30.3 Å². The van der Waals surface area contributed by atoms with E-state index in [9.17, 15) is 18.0 Å². The summed E-state index contributed by atoms with van der Waals surface area (Å²) < 4.78 is 39.6. The van der Waals surface area contributed by atoms with Crippen LogP contribution in [0.25, 0.3) is 0 Å². The van der Waals surface area contributed by atoms with Gasteiger partial charge in [0.1, 0.15) is 5.69 Å². The molecule has 0 radical (unpaired) electrons. The molecule has 24 heavy (non-hydrogen) atoms. The fourth-order valence-electron chi connectivity index (χ4n) is 2.08. The summed E-state index contributed by atoms with van der Waals surface area (Å²) in [4.78, 5) is 18.1. The SMILES string of the molecule is CCCCN(C)c1ccc(C(=O)Nc2ccc(F)c(F)c2F)nc1. The molecule has 1 aromatic carbocycles. The van der Waals surface area contributed by atoms with Gasteiger partial charge in [0.25, 0.3) is 5.91 Å². The number of amides is 1. The summed E-state index contributed by atoms with van der Waals surface area (Å²) in [5, 5.41) is 2.18. The van der Waals surface area contributed by atoms with Crippen LogP contribution in [0.4, 0.5) is 24.5 Å². The van der Waals surface area contributed by atoms with Gasteiger partial charge in [-0.1, -0.05) is 13.3 Å². The van der Waals surface area contributed by atoms with E-state index in [0.717, 1.165) is 37.2 Å². The van der Waals surface area contributed by atoms with Crippen LogP contribution in [-0.2, 0) is 0 Å². The van der Waals surface area contributed by atoms with Crippen LogP contribution in [0.3, 0.4) is 0 Å². The normalized spacial score (nSPS) is 10.5. The van der Waals surface area contributed by atoms with Gasteiger partial charge in [-0.2, -0.15) is 0 Å². The molecule has 7 heteroatoms. The van der Waals surface area contributed by atoms with Crippen molar-refractivity contribution in [3.05, 3.63) is 53.6 Å². The summed E-state index contributed by atoms with van der Waals surface area (Å²) in [5.41, 5.74) is 0.454. The lowest BCUT2D eigenvalue weighted by Crippen LogP contribution is -2.19. The molecule has 0 aliphatic rings. The number of pyridine rings is 1. The molecular formula is C17H18F3N3O. The first-order valence-corrected chi connectivity index (χ1v) is 7.56. The third-order valence-electron chi connectivity index (χ3n) is 3.55. The maximum atomic E-state index is 13.6. The zero-order valence-electron chi connectivity index (χ0n) is 13.4. The van der Waals surface area contributed by atoms with Crippen molar-refractivity contribution in [1.29, 1.82) is 0 Å². The molecule has 2 rings (SSSR count). The molecule has 1 amide bonds. The van der Waals surface area contributed by atoms with Crippen LogP contribution in [-0.4, -0.2) is 24.5 Å². The van der Waals surface area contributed by atoms with Crippen molar-refractivity contribution >= 4 is 17.3 Å². The molecule has 0 saturated carbocycles. The second kappa shape index (κ2) is 7.81. The monoisotopic (exact) mass is 337 g/mol. The maximum Gasteiger partial charge on any atom is 0.274 e. The summed E-state index contributed by atoms with van der Waals surface area (Å²) in [5.74, 6) is -5.10. The summed E-state index contributed by atoms with van der Waals surface area (Å²) in [6.07, 6.45) is 3.64. The molecule has 4 nitrogen and oxygen atoms in total. The van der Waals surface area contributed by atoms with Gasteiger partial charge in [0.05, 0.1) is 17.6 Å². The van der Waals surface area contributed by atoms with Crippen LogP contribution in [0.5, 0.6) is 0 Å². The van der Waals surface area contributed by atoms with Gasteiger partial charge in [-0.3, -0.25) is 4.79 Å². The number of rotatable bonds is 6. The van der Waals surface area contributed by atoms with Crippen LogP contribution >= 0.6 is 0 Å². The van der Waals surface area contributed by atoms with E-state index in [1.54, 1.807) is 6.07 Å². The number of carbonyl (C=O) groups is 1. The van der Waals surface area contributed by atoms with Crippen molar-refractivity contribution in [1.82, 2.24) is 4.98 Å². The molecule has 0 spiro atoms. The number of nitrogens with zero attached hydrogens (tertiary/aromatic N) is 2. The van der Waals surface area contributed by atoms with Gasteiger partial charge in [-0.25, -0.2) is 18.2 Å². The predicted octanol–water partition coefficient (Wildman–Crippen LogP) is 3.99. The minimum absolute atomic E-state index is 0.0479. The zero-order chi connectivity index (χ0) is 17.7. The Labute approximate surface area is 138 Å². The lowest BCUT2D eigenvalue weighted by Gasteiger charge is -2.18. The van der Waals surface area contributed by atoms with Crippen molar-refractivity contribution in [2.24, 2.45) is 0 Å². The second-order valence-electron chi connectivity index (χ2n) is 5.35. The molecule has 0 saturated heterocycles. The van der Waals surface area contributed by atoms with Crippen molar-refractivity contribution in [3.8, 4) is 0 Å². The number of halogens is 3. The molecule has 0 unspecified atom stereocenters. The van der Waals surface area contributed by atoms with E-state index in [-0.39, 0.29) is 5.69 Å². The Bertz CT molecular complexity index is 720. The van der Waals surface area contributed by atoms with Gasteiger partial charge in [-0.15, -0.1) is 0 Å². The topological polar surface area (TPSA) is 45.2 Å². The standard InChI is InChI=1S/C17H18F3N3O/c1-3-4-9-23(2)11-5-7-14(21-10-11)17(24)22-13-8-6-12(18)15(19)16(13)20/h5-8,10H,3-4,9H2,1-2H3,(H,22,24). The summed E-state index contributed by atoms with van der Waals surface area (Å²) in [6, 6.07) is 4.91. The number of anilines is 2. The molecule has 128 valence electrons. The minimum Gasteiger partial charge on any atom is -0.373 e. The van der Waals surface area contributed by atoms with Crippen molar-refractivity contribution in [3.63, 3.8) is 0 Å². The maximum absolute atomic E-state index is 13.6. The first-order valence-electron chi connectivity index (χ1n) is 7.56. The number of nitrogens with one attached hydrogen (secondary N) is 1. The van der Waals surface area contributed by atoms with Crippen LogP contribution < -0.4 is 10.2 Å². The van der Waals surface area contributed by atoms with Gasteiger partial charge < -0.3 is 10.2 Å². The van der Waals surface area contributed by atoms with Crippen molar-refractivity contribution < 1.29 is 18.0 Å². The molecule has 0 atom stereocenters. The zero-order valence-corrected chi connectivity index (χ0v) is 13.4. The Hall–Kier alpha value is -2.57. The van der Waals surface area contributed by atoms with Crippen LogP contribution in [0.2, 0.25) is 0 Å². The van der Waals surface area contributed by atoms with E-state index >= 15 is 0 Å². The highest BCUT2D eigenvalue weighted by Gasteiger charge is 2.16. The third kappa shape index (κ3) is 4.04. The van der Waals surface area contributed by atoms with E-state index in [0.29, 0.717) is 0 Å². The number of hydrogen-bond donors (Lipinski definition) is 1. The molecule has 2 aromatic rings. The van der Waals surface area contributed by atoms with Crippen LogP contribution in [0.15, 0.2) is 30.5 Å². The van der Waals surface area contributed by atoms with E-state index < -0.39 is 29.0 Å². The molecule has 0 aliphatic carbocycles. The fraction of sp³-hybridized carbons (Fsp3) is 0.294. The summed E-state index contributed by atoms with van der Waals surface area (Å²) >= 11 is 0. The molecule has 1 N–H and O–H groups in total. The predicted molar refractivity (Wildman–Crippen MR) is 86.7 cm³/mol. The number of carbonyl (C=O) groups excluding carboxylic acids is 1. The summed E-state index contributed by atoms with van der Waals surface area (Å²) in [7, 11) is 1.92. The molecule has 1 heterocycles. The molecule has 0 bridgehead atoms. The molecular weight excluding hydrogens is 319 g/mol. The molecule has 0 fully saturated rings. The number of benzene rings is 1. The Balaban J connectivity index is 2.09. The van der Waals surface area contributed by atoms with Gasteiger partial charge in [-0.05, 0) is 30.7 Å². The number of unbranched alkanes of at least 4 members (excludes halogenated alkanes) is 1. The van der Waals surface area contributed by atoms with Gasteiger partial charge >= 0.3 is 0 Å². The molecule has 0 aliphatic heterocycles. The average molecular weight is 337 g/mol. The Morgan fingerprint density at radius 1 is 1.17 bits per heavy atom. The van der Waals surface area contributed by atoms with Gasteiger partial charge in [0.15, 0.2) is 17.5 Å². The van der Waals surface area contributed by atoms with Crippen LogP contribution in [0, 0.1) is 17.5 Å². The minimum atomic E-state index is -1.63. The van der Waals surface area contributed by atoms with E-state index in [2.05, 4.69) is 17.2 Å². The van der Waals surface area contributed by atoms with E-state index in [1.165, 1.54) is 12.3 Å². The lowest BCUT2D eigenvalue weighted by atomic mass is 10.2. The smallest absolute Gasteiger partial charge is 0.274 e. The average Bonchev–Trinajstić information content (AvgIpc) is 2.60. The first-order chi connectivity index (χ1) is 11.4. The van der Waals surface area contributed by atoms with Gasteiger partial charge in [0.2, 0.25) is 0 Å². The van der Waals surface area contributed by atoms with Gasteiger partial charge in [0, 0.05) is 13.6 Å². The third-order valence-corrected chi connectivity index (χ3v) is 3.55. The van der Waals surface area contributed by atoms with E-state index in [1.807, 2.05) is 11.9 Å². The quantitative estimate of drug-likeness (QED) is 0.811. The Morgan fingerprint density at radius 3 is 2.54 bits per heavy atom. The summed E-state index contributed by atoms with van der Waals surface area (Å²) in [6.45, 7) is 2.96. The highest BCUT2D eigenvalue weighted by Crippen LogP contribution is 2.20. The highest BCUT2D eigenvalue weighted by molar-refractivity contribution is 6.03.